The summed E-state index contributed by atoms with van der Waals surface area (Å²) in [5.74, 6) is 0.565. The van der Waals surface area contributed by atoms with Crippen LogP contribution in [0.15, 0.2) is 15.2 Å². The Kier molecular flexibility index (Phi) is 7.45. The van der Waals surface area contributed by atoms with E-state index >= 15 is 0 Å². The van der Waals surface area contributed by atoms with Crippen LogP contribution >= 0.6 is 11.6 Å². The first-order valence-corrected chi connectivity index (χ1v) is 8.75. The van der Waals surface area contributed by atoms with Gasteiger partial charge >= 0.3 is 6.09 Å². The maximum Gasteiger partial charge on any atom is 0.410 e. The van der Waals surface area contributed by atoms with Gasteiger partial charge in [-0.05, 0) is 41.5 Å². The molecular weight excluding hydrogens is 330 g/mol. The molecule has 0 aromatic carbocycles. The predicted molar refractivity (Wildman–Crippen MR) is 97.0 cm³/mol. The van der Waals surface area contributed by atoms with E-state index in [1.54, 1.807) is 11.9 Å². The Morgan fingerprint density at radius 1 is 1.29 bits per heavy atom. The minimum absolute atomic E-state index is 0.0765. The van der Waals surface area contributed by atoms with Gasteiger partial charge in [-0.15, -0.1) is 16.7 Å². The van der Waals surface area contributed by atoms with Gasteiger partial charge in [0.25, 0.3) is 0 Å². The standard InChI is InChI=1S/C16H30ClN5O2/c1-11-10-21(15(23)24-16(4,5)6)8-9-22(11)14(18-7)20-19-13(3)12(2)17/h11-13H,8-10H2,1-7H3/t11-,12?,13?/m1/s1. The minimum Gasteiger partial charge on any atom is -0.444 e. The van der Waals surface area contributed by atoms with E-state index in [-0.39, 0.29) is 23.6 Å². The molecule has 0 radical (unpaired) electrons. The maximum atomic E-state index is 12.2. The number of halogens is 1. The second kappa shape index (κ2) is 8.65. The highest BCUT2D eigenvalue weighted by molar-refractivity contribution is 6.20. The fourth-order valence-corrected chi connectivity index (χ4v) is 2.26. The molecule has 1 aliphatic heterocycles. The van der Waals surface area contributed by atoms with Crippen LogP contribution in [0.25, 0.3) is 0 Å². The third kappa shape index (κ3) is 6.26. The number of carbonyl (C=O) groups is 1. The van der Waals surface area contributed by atoms with Crippen molar-refractivity contribution in [2.24, 2.45) is 15.2 Å². The molecule has 0 bridgehead atoms. The highest BCUT2D eigenvalue weighted by Crippen LogP contribution is 2.16. The van der Waals surface area contributed by atoms with E-state index in [1.807, 2.05) is 41.5 Å². The summed E-state index contributed by atoms with van der Waals surface area (Å²) in [7, 11) is 1.69. The van der Waals surface area contributed by atoms with Crippen molar-refractivity contribution in [2.45, 2.75) is 64.6 Å². The van der Waals surface area contributed by atoms with Crippen LogP contribution in [0.5, 0.6) is 0 Å². The van der Waals surface area contributed by atoms with Gasteiger partial charge in [0.1, 0.15) is 5.60 Å². The van der Waals surface area contributed by atoms with Crippen LogP contribution in [0.4, 0.5) is 4.79 Å². The number of ether oxygens (including phenoxy) is 1. The van der Waals surface area contributed by atoms with Gasteiger partial charge < -0.3 is 14.5 Å². The number of piperazine rings is 1. The van der Waals surface area contributed by atoms with E-state index in [0.717, 1.165) is 0 Å². The molecule has 7 nitrogen and oxygen atoms in total. The van der Waals surface area contributed by atoms with Crippen LogP contribution in [-0.4, -0.2) is 71.6 Å². The average Bonchev–Trinajstić information content (AvgIpc) is 2.46. The Bertz CT molecular complexity index is 487. The SMILES string of the molecule is CN=C(N=NC(C)C(C)Cl)N1CCN(C(=O)OC(C)(C)C)C[C@H]1C. The average molecular weight is 360 g/mol. The van der Waals surface area contributed by atoms with Crippen LogP contribution in [0.2, 0.25) is 0 Å². The molecule has 0 aliphatic carbocycles. The lowest BCUT2D eigenvalue weighted by Crippen LogP contribution is -2.55. The molecule has 1 amide bonds. The summed E-state index contributed by atoms with van der Waals surface area (Å²) in [5.41, 5.74) is -0.490. The van der Waals surface area contributed by atoms with Gasteiger partial charge in [-0.2, -0.15) is 5.11 Å². The Morgan fingerprint density at radius 3 is 2.38 bits per heavy atom. The molecule has 1 aliphatic rings. The molecule has 0 aromatic heterocycles. The van der Waals surface area contributed by atoms with Crippen molar-refractivity contribution >= 4 is 23.7 Å². The molecule has 0 spiro atoms. The number of hydrogen-bond donors (Lipinski definition) is 0. The maximum absolute atomic E-state index is 12.2. The lowest BCUT2D eigenvalue weighted by atomic mass is 10.2. The largest absolute Gasteiger partial charge is 0.444 e. The molecule has 0 aromatic rings. The molecule has 1 rings (SSSR count). The van der Waals surface area contributed by atoms with Crippen LogP contribution < -0.4 is 0 Å². The molecular formula is C16H30ClN5O2. The summed E-state index contributed by atoms with van der Waals surface area (Å²) in [5, 5.41) is 8.38. The number of hydrogen-bond acceptors (Lipinski definition) is 4. The van der Waals surface area contributed by atoms with Crippen molar-refractivity contribution in [3.05, 3.63) is 0 Å². The van der Waals surface area contributed by atoms with E-state index in [9.17, 15) is 4.79 Å². The van der Waals surface area contributed by atoms with Crippen LogP contribution in [0.1, 0.15) is 41.5 Å². The number of rotatable bonds is 2. The first-order valence-electron chi connectivity index (χ1n) is 8.31. The smallest absolute Gasteiger partial charge is 0.410 e. The van der Waals surface area contributed by atoms with Gasteiger partial charge in [0.15, 0.2) is 0 Å². The Hall–Kier alpha value is -1.37. The lowest BCUT2D eigenvalue weighted by Gasteiger charge is -2.40. The molecule has 0 N–H and O–H groups in total. The molecule has 1 saturated heterocycles. The highest BCUT2D eigenvalue weighted by atomic mass is 35.5. The van der Waals surface area contributed by atoms with Gasteiger partial charge in [0, 0.05) is 32.7 Å². The lowest BCUT2D eigenvalue weighted by molar-refractivity contribution is 0.0132. The minimum atomic E-state index is -0.490. The monoisotopic (exact) mass is 359 g/mol. The van der Waals surface area contributed by atoms with E-state index in [1.165, 1.54) is 0 Å². The van der Waals surface area contributed by atoms with Gasteiger partial charge in [-0.25, -0.2) is 4.79 Å². The molecule has 24 heavy (non-hydrogen) atoms. The van der Waals surface area contributed by atoms with Gasteiger partial charge in [0.05, 0.1) is 11.4 Å². The van der Waals surface area contributed by atoms with Gasteiger partial charge in [0.2, 0.25) is 5.96 Å². The number of azo groups is 1. The molecule has 2 unspecified atom stereocenters. The first kappa shape index (κ1) is 20.7. The van der Waals surface area contributed by atoms with E-state index < -0.39 is 5.60 Å². The first-order chi connectivity index (χ1) is 11.0. The van der Waals surface area contributed by atoms with Crippen molar-refractivity contribution in [2.75, 3.05) is 26.7 Å². The molecule has 3 atom stereocenters. The number of alkyl halides is 1. The van der Waals surface area contributed by atoms with Gasteiger partial charge in [-0.1, -0.05) is 0 Å². The van der Waals surface area contributed by atoms with Crippen molar-refractivity contribution in [1.82, 2.24) is 9.80 Å². The molecule has 1 heterocycles. The van der Waals surface area contributed by atoms with Crippen molar-refractivity contribution in [1.29, 1.82) is 0 Å². The van der Waals surface area contributed by atoms with Crippen LogP contribution in [-0.2, 0) is 4.74 Å². The molecule has 138 valence electrons. The van der Waals surface area contributed by atoms with E-state index in [0.29, 0.717) is 25.6 Å². The fourth-order valence-electron chi connectivity index (χ4n) is 2.21. The Morgan fingerprint density at radius 2 is 1.92 bits per heavy atom. The van der Waals surface area contributed by atoms with Crippen molar-refractivity contribution in [3.63, 3.8) is 0 Å². The van der Waals surface area contributed by atoms with E-state index in [2.05, 4.69) is 20.1 Å². The zero-order chi connectivity index (χ0) is 18.5. The summed E-state index contributed by atoms with van der Waals surface area (Å²) in [6, 6.07) is -0.00516. The Balaban J connectivity index is 2.69. The predicted octanol–water partition coefficient (Wildman–Crippen LogP) is 3.38. The molecule has 8 heteroatoms. The second-order valence-corrected chi connectivity index (χ2v) is 7.81. The zero-order valence-electron chi connectivity index (χ0n) is 15.8. The summed E-state index contributed by atoms with van der Waals surface area (Å²) in [6.45, 7) is 13.2. The van der Waals surface area contributed by atoms with Crippen LogP contribution in [0.3, 0.4) is 0 Å². The quantitative estimate of drug-likeness (QED) is 0.328. The summed E-state index contributed by atoms with van der Waals surface area (Å²) in [4.78, 5) is 20.2. The molecule has 0 saturated carbocycles. The summed E-state index contributed by atoms with van der Waals surface area (Å²) < 4.78 is 5.43. The van der Waals surface area contributed by atoms with Gasteiger partial charge in [-0.3, -0.25) is 4.99 Å². The fraction of sp³-hybridized carbons (Fsp3) is 0.875. The zero-order valence-corrected chi connectivity index (χ0v) is 16.5. The topological polar surface area (TPSA) is 69.9 Å². The highest BCUT2D eigenvalue weighted by Gasteiger charge is 2.31. The number of guanidine groups is 1. The van der Waals surface area contributed by atoms with Crippen LogP contribution in [0, 0.1) is 0 Å². The summed E-state index contributed by atoms with van der Waals surface area (Å²) >= 11 is 6.01. The number of nitrogens with zero attached hydrogens (tertiary/aromatic N) is 5. The van der Waals surface area contributed by atoms with E-state index in [4.69, 9.17) is 16.3 Å². The summed E-state index contributed by atoms with van der Waals surface area (Å²) in [6.07, 6.45) is -0.282. The normalized spacial score (nSPS) is 22.7. The molecule has 1 fully saturated rings. The number of amides is 1. The second-order valence-electron chi connectivity index (χ2n) is 7.13. The van der Waals surface area contributed by atoms with Crippen molar-refractivity contribution < 1.29 is 9.53 Å². The number of carbonyl (C=O) groups excluding carboxylic acids is 1. The van der Waals surface area contributed by atoms with Crippen molar-refractivity contribution in [3.8, 4) is 0 Å². The Labute approximate surface area is 150 Å². The third-order valence-corrected chi connectivity index (χ3v) is 4.09. The number of aliphatic imine (C=N–C) groups is 1. The third-order valence-electron chi connectivity index (χ3n) is 3.73.